The maximum absolute atomic E-state index is 12.0. The Hall–Kier alpha value is -1.96. The van der Waals surface area contributed by atoms with Crippen LogP contribution >= 0.6 is 0 Å². The van der Waals surface area contributed by atoms with Crippen molar-refractivity contribution in [3.63, 3.8) is 0 Å². The van der Waals surface area contributed by atoms with E-state index >= 15 is 0 Å². The van der Waals surface area contributed by atoms with Crippen molar-refractivity contribution < 1.29 is 32.2 Å². The van der Waals surface area contributed by atoms with Gasteiger partial charge in [-0.15, -0.1) is 0 Å². The number of halogens is 3. The quantitative estimate of drug-likeness (QED) is 0.877. The number of hydrogen-bond acceptors (Lipinski definition) is 4. The molecule has 0 aliphatic heterocycles. The summed E-state index contributed by atoms with van der Waals surface area (Å²) in [6.07, 6.45) is -5.71. The van der Waals surface area contributed by atoms with Gasteiger partial charge in [0.05, 0.1) is 14.2 Å². The number of rotatable bonds is 6. The number of anilines is 1. The molecule has 0 unspecified atom stereocenters. The molecule has 21 heavy (non-hydrogen) atoms. The van der Waals surface area contributed by atoms with Crippen LogP contribution in [-0.4, -0.2) is 39.0 Å². The molecule has 0 radical (unpaired) electrons. The summed E-state index contributed by atoms with van der Waals surface area (Å²) < 4.78 is 50.5. The van der Waals surface area contributed by atoms with Gasteiger partial charge in [-0.2, -0.15) is 13.2 Å². The summed E-state index contributed by atoms with van der Waals surface area (Å²) in [6.45, 7) is -0.241. The monoisotopic (exact) mass is 307 g/mol. The van der Waals surface area contributed by atoms with Crippen LogP contribution in [0, 0.1) is 0 Å². The van der Waals surface area contributed by atoms with E-state index in [4.69, 9.17) is 9.47 Å². The molecule has 1 aromatic carbocycles. The van der Waals surface area contributed by atoms with Gasteiger partial charge in [-0.3, -0.25) is 4.79 Å². The zero-order valence-corrected chi connectivity index (χ0v) is 11.8. The number of benzene rings is 1. The zero-order chi connectivity index (χ0) is 16.0. The Morgan fingerprint density at radius 2 is 1.86 bits per heavy atom. The molecule has 0 aliphatic rings. The van der Waals surface area contributed by atoms with E-state index in [1.807, 2.05) is 0 Å². The highest BCUT2D eigenvalue weighted by atomic mass is 19.4. The Morgan fingerprint density at radius 1 is 1.24 bits per heavy atom. The molecular formula is C13H16F3NO4. The standard InChI is InChI=1S/C13H16F3NO4/c1-8(21-7-13(14,15)16)12(18)17-9-4-5-10(19-2)11(6-9)20-3/h4-6,8H,7H2,1-3H3,(H,17,18)/t8-/m0/s1. The average Bonchev–Trinajstić information content (AvgIpc) is 2.43. The number of amides is 1. The summed E-state index contributed by atoms with van der Waals surface area (Å²) in [5.74, 6) is 0.169. The lowest BCUT2D eigenvalue weighted by molar-refractivity contribution is -0.184. The molecule has 1 rings (SSSR count). The van der Waals surface area contributed by atoms with Crippen LogP contribution in [0.3, 0.4) is 0 Å². The number of methoxy groups -OCH3 is 2. The summed E-state index contributed by atoms with van der Waals surface area (Å²) in [4.78, 5) is 11.7. The highest BCUT2D eigenvalue weighted by Crippen LogP contribution is 2.29. The van der Waals surface area contributed by atoms with E-state index in [-0.39, 0.29) is 0 Å². The van der Waals surface area contributed by atoms with E-state index in [9.17, 15) is 18.0 Å². The van der Waals surface area contributed by atoms with Gasteiger partial charge in [0.1, 0.15) is 12.7 Å². The van der Waals surface area contributed by atoms with Crippen LogP contribution in [0.4, 0.5) is 18.9 Å². The second-order valence-electron chi connectivity index (χ2n) is 4.13. The molecule has 0 bridgehead atoms. The summed E-state index contributed by atoms with van der Waals surface area (Å²) in [6, 6.07) is 4.60. The maximum atomic E-state index is 12.0. The maximum Gasteiger partial charge on any atom is 0.411 e. The molecule has 5 nitrogen and oxygen atoms in total. The highest BCUT2D eigenvalue weighted by molar-refractivity contribution is 5.94. The van der Waals surface area contributed by atoms with Crippen LogP contribution in [0.1, 0.15) is 6.92 Å². The smallest absolute Gasteiger partial charge is 0.411 e. The van der Waals surface area contributed by atoms with E-state index in [1.54, 1.807) is 6.07 Å². The number of hydrogen-bond donors (Lipinski definition) is 1. The Kier molecular flexibility index (Phi) is 5.83. The van der Waals surface area contributed by atoms with E-state index in [0.29, 0.717) is 17.2 Å². The molecule has 1 amide bonds. The van der Waals surface area contributed by atoms with Gasteiger partial charge < -0.3 is 19.5 Å². The lowest BCUT2D eigenvalue weighted by atomic mass is 10.2. The third-order valence-corrected chi connectivity index (χ3v) is 2.52. The van der Waals surface area contributed by atoms with Crippen LogP contribution in [0.25, 0.3) is 0 Å². The molecule has 1 atom stereocenters. The van der Waals surface area contributed by atoms with Crippen molar-refractivity contribution in [3.8, 4) is 11.5 Å². The number of carbonyl (C=O) groups is 1. The number of carbonyl (C=O) groups excluding carboxylic acids is 1. The molecule has 1 aromatic rings. The molecule has 0 saturated carbocycles. The van der Waals surface area contributed by atoms with Crippen LogP contribution in [0.5, 0.6) is 11.5 Å². The minimum absolute atomic E-state index is 0.361. The van der Waals surface area contributed by atoms with Gasteiger partial charge in [-0.1, -0.05) is 0 Å². The number of nitrogens with one attached hydrogen (secondary N) is 1. The third kappa shape index (κ3) is 5.50. The van der Waals surface area contributed by atoms with Gasteiger partial charge in [-0.25, -0.2) is 0 Å². The molecule has 0 spiro atoms. The molecule has 0 heterocycles. The topological polar surface area (TPSA) is 56.8 Å². The summed E-state index contributed by atoms with van der Waals surface area (Å²) in [5.41, 5.74) is 0.361. The Balaban J connectivity index is 2.66. The molecule has 118 valence electrons. The zero-order valence-electron chi connectivity index (χ0n) is 11.8. The Labute approximate surface area is 120 Å². The first-order valence-electron chi connectivity index (χ1n) is 5.98. The van der Waals surface area contributed by atoms with Gasteiger partial charge in [0.2, 0.25) is 0 Å². The van der Waals surface area contributed by atoms with E-state index in [2.05, 4.69) is 10.1 Å². The molecule has 1 N–H and O–H groups in total. The van der Waals surface area contributed by atoms with Crippen molar-refractivity contribution in [3.05, 3.63) is 18.2 Å². The van der Waals surface area contributed by atoms with Gasteiger partial charge >= 0.3 is 6.18 Å². The van der Waals surface area contributed by atoms with Crippen molar-refractivity contribution >= 4 is 11.6 Å². The molecule has 0 fully saturated rings. The molecular weight excluding hydrogens is 291 g/mol. The van der Waals surface area contributed by atoms with Gasteiger partial charge in [0, 0.05) is 11.8 Å². The number of alkyl halides is 3. The largest absolute Gasteiger partial charge is 0.493 e. The lowest BCUT2D eigenvalue weighted by Gasteiger charge is -2.15. The van der Waals surface area contributed by atoms with Crippen molar-refractivity contribution in [2.45, 2.75) is 19.2 Å². The average molecular weight is 307 g/mol. The van der Waals surface area contributed by atoms with Crippen molar-refractivity contribution in [2.24, 2.45) is 0 Å². The third-order valence-electron chi connectivity index (χ3n) is 2.52. The first-order chi connectivity index (χ1) is 9.76. The molecule has 0 aromatic heterocycles. The SMILES string of the molecule is COc1ccc(NC(=O)[C@H](C)OCC(F)(F)F)cc1OC. The van der Waals surface area contributed by atoms with Crippen LogP contribution in [0.2, 0.25) is 0 Å². The van der Waals surface area contributed by atoms with Gasteiger partial charge in [-0.05, 0) is 19.1 Å². The van der Waals surface area contributed by atoms with Gasteiger partial charge in [0.25, 0.3) is 5.91 Å². The van der Waals surface area contributed by atoms with Crippen LogP contribution < -0.4 is 14.8 Å². The van der Waals surface area contributed by atoms with Crippen molar-refractivity contribution in [1.29, 1.82) is 0 Å². The van der Waals surface area contributed by atoms with Crippen molar-refractivity contribution in [1.82, 2.24) is 0 Å². The normalized spacial score (nSPS) is 12.7. The van der Waals surface area contributed by atoms with Gasteiger partial charge in [0.15, 0.2) is 11.5 Å². The Bertz CT molecular complexity index is 491. The van der Waals surface area contributed by atoms with E-state index in [0.717, 1.165) is 0 Å². The minimum Gasteiger partial charge on any atom is -0.493 e. The summed E-state index contributed by atoms with van der Waals surface area (Å²) >= 11 is 0. The first-order valence-corrected chi connectivity index (χ1v) is 5.98. The first kappa shape index (κ1) is 17.1. The molecule has 0 saturated heterocycles. The van der Waals surface area contributed by atoms with E-state index < -0.39 is 24.8 Å². The minimum atomic E-state index is -4.47. The van der Waals surface area contributed by atoms with Crippen molar-refractivity contribution in [2.75, 3.05) is 26.1 Å². The number of ether oxygens (including phenoxy) is 3. The highest BCUT2D eigenvalue weighted by Gasteiger charge is 2.29. The Morgan fingerprint density at radius 3 is 2.38 bits per heavy atom. The predicted octanol–water partition coefficient (Wildman–Crippen LogP) is 2.61. The summed E-state index contributed by atoms with van der Waals surface area (Å²) in [7, 11) is 2.89. The second kappa shape index (κ2) is 7.16. The summed E-state index contributed by atoms with van der Waals surface area (Å²) in [5, 5.41) is 2.44. The predicted molar refractivity (Wildman–Crippen MR) is 69.6 cm³/mol. The second-order valence-corrected chi connectivity index (χ2v) is 4.13. The van der Waals surface area contributed by atoms with Crippen LogP contribution in [-0.2, 0) is 9.53 Å². The molecule has 8 heteroatoms. The fraction of sp³-hybridized carbons (Fsp3) is 0.462. The van der Waals surface area contributed by atoms with E-state index in [1.165, 1.54) is 33.3 Å². The fourth-order valence-corrected chi connectivity index (χ4v) is 1.45. The lowest BCUT2D eigenvalue weighted by Crippen LogP contribution is -2.31. The van der Waals surface area contributed by atoms with Crippen LogP contribution in [0.15, 0.2) is 18.2 Å². The fourth-order valence-electron chi connectivity index (χ4n) is 1.45. The molecule has 0 aliphatic carbocycles.